The molecular weight excluding hydrogens is 378 g/mol. The van der Waals surface area contributed by atoms with Gasteiger partial charge in [0.25, 0.3) is 20.2 Å². The predicted octanol–water partition coefficient (Wildman–Crippen LogP) is 2.67. The summed E-state index contributed by atoms with van der Waals surface area (Å²) in [6, 6.07) is 5.99. The maximum atomic E-state index is 10.5. The van der Waals surface area contributed by atoms with Crippen LogP contribution in [-0.2, 0) is 20.2 Å². The summed E-state index contributed by atoms with van der Waals surface area (Å²) in [6.45, 7) is 5.64. The quantitative estimate of drug-likeness (QED) is 0.555. The lowest BCUT2D eigenvalue weighted by Crippen LogP contribution is -2.22. The Kier molecular flexibility index (Phi) is 8.48. The van der Waals surface area contributed by atoms with E-state index in [1.165, 1.54) is 17.7 Å². The number of unbranched alkanes of at least 4 members (excludes halogenated alkanes) is 1. The monoisotopic (exact) mass is 403 g/mol. The molecule has 0 fully saturated rings. The van der Waals surface area contributed by atoms with Gasteiger partial charge in [-0.05, 0) is 51.1 Å². The van der Waals surface area contributed by atoms with Gasteiger partial charge in [-0.3, -0.25) is 9.11 Å². The Morgan fingerprint density at radius 1 is 1.00 bits per heavy atom. The Bertz CT molecular complexity index is 840. The zero-order valence-electron chi connectivity index (χ0n) is 14.9. The largest absolute Gasteiger partial charge is 0.373 e. The highest BCUT2D eigenvalue weighted by molar-refractivity contribution is 7.86. The maximum Gasteiger partial charge on any atom is 0.294 e. The molecule has 1 aliphatic heterocycles. The number of benzene rings is 1. The predicted molar refractivity (Wildman–Crippen MR) is 101 cm³/mol. The average molecular weight is 404 g/mol. The molecule has 0 amide bonds. The number of nitrogens with zero attached hydrogens (tertiary/aromatic N) is 1. The van der Waals surface area contributed by atoms with E-state index in [0.717, 1.165) is 25.1 Å². The Morgan fingerprint density at radius 3 is 2.12 bits per heavy atom. The van der Waals surface area contributed by atoms with Crippen molar-refractivity contribution in [2.45, 2.75) is 31.6 Å². The molecule has 1 aliphatic rings. The Labute approximate surface area is 155 Å². The van der Waals surface area contributed by atoms with E-state index in [0.29, 0.717) is 6.42 Å². The zero-order valence-corrected chi connectivity index (χ0v) is 16.5. The van der Waals surface area contributed by atoms with E-state index in [1.54, 1.807) is 12.1 Å². The van der Waals surface area contributed by atoms with Gasteiger partial charge in [0.05, 0.1) is 10.6 Å². The van der Waals surface area contributed by atoms with E-state index in [9.17, 15) is 16.8 Å². The standard InChI is InChI=1S/C10H17NO3S.C7H8O3S/c1-10-5-4-7-11(9-10)6-2-3-8-15(12,13)14;1-6-2-4-7(5-3-6)11(8,9)10/h4-5,7H,2-3,6,8-9H2,1H3,(H,12,13,14);2-5H,1H3,(H,8,9,10). The molecular formula is C17H25NO6S2. The van der Waals surface area contributed by atoms with Crippen LogP contribution < -0.4 is 0 Å². The molecule has 146 valence electrons. The van der Waals surface area contributed by atoms with Gasteiger partial charge in [-0.2, -0.15) is 16.8 Å². The topological polar surface area (TPSA) is 112 Å². The molecule has 0 aromatic heterocycles. The minimum absolute atomic E-state index is 0.0666. The molecule has 0 atom stereocenters. The van der Waals surface area contributed by atoms with E-state index in [4.69, 9.17) is 9.11 Å². The van der Waals surface area contributed by atoms with Crippen LogP contribution >= 0.6 is 0 Å². The molecule has 0 bridgehead atoms. The molecule has 2 N–H and O–H groups in total. The number of rotatable bonds is 6. The fourth-order valence-electron chi connectivity index (χ4n) is 2.22. The molecule has 26 heavy (non-hydrogen) atoms. The van der Waals surface area contributed by atoms with Crippen molar-refractivity contribution in [3.63, 3.8) is 0 Å². The summed E-state index contributed by atoms with van der Waals surface area (Å²) in [6.07, 6.45) is 7.33. The maximum absolute atomic E-state index is 10.5. The van der Waals surface area contributed by atoms with Crippen LogP contribution in [0.3, 0.4) is 0 Å². The van der Waals surface area contributed by atoms with Gasteiger partial charge in [-0.1, -0.05) is 29.3 Å². The molecule has 1 heterocycles. The van der Waals surface area contributed by atoms with Crippen molar-refractivity contribution < 1.29 is 25.9 Å². The van der Waals surface area contributed by atoms with Gasteiger partial charge in [0, 0.05) is 13.1 Å². The summed E-state index contributed by atoms with van der Waals surface area (Å²) in [5.74, 6) is -0.140. The van der Waals surface area contributed by atoms with E-state index in [2.05, 4.69) is 17.9 Å². The van der Waals surface area contributed by atoms with Crippen LogP contribution in [0.4, 0.5) is 0 Å². The summed E-state index contributed by atoms with van der Waals surface area (Å²) in [4.78, 5) is 2.07. The second kappa shape index (κ2) is 9.86. The Hall–Kier alpha value is -1.68. The van der Waals surface area contributed by atoms with Gasteiger partial charge >= 0.3 is 0 Å². The van der Waals surface area contributed by atoms with Crippen LogP contribution in [0.15, 0.2) is 53.1 Å². The van der Waals surface area contributed by atoms with Crippen molar-refractivity contribution >= 4 is 20.2 Å². The summed E-state index contributed by atoms with van der Waals surface area (Å²) in [5, 5.41) is 0. The van der Waals surface area contributed by atoms with Gasteiger partial charge < -0.3 is 4.90 Å². The Balaban J connectivity index is 0.000000273. The molecule has 1 aromatic rings. The number of aryl methyl sites for hydroxylation is 1. The van der Waals surface area contributed by atoms with Crippen LogP contribution in [0.25, 0.3) is 0 Å². The van der Waals surface area contributed by atoms with E-state index in [1.807, 2.05) is 19.2 Å². The van der Waals surface area contributed by atoms with E-state index >= 15 is 0 Å². The van der Waals surface area contributed by atoms with Gasteiger partial charge in [0.1, 0.15) is 0 Å². The van der Waals surface area contributed by atoms with E-state index in [-0.39, 0.29) is 10.6 Å². The van der Waals surface area contributed by atoms with Crippen molar-refractivity contribution in [2.75, 3.05) is 18.8 Å². The highest BCUT2D eigenvalue weighted by Gasteiger charge is 2.07. The average Bonchev–Trinajstić information content (AvgIpc) is 2.51. The smallest absolute Gasteiger partial charge is 0.294 e. The number of hydrogen-bond acceptors (Lipinski definition) is 5. The lowest BCUT2D eigenvalue weighted by molar-refractivity contribution is 0.390. The van der Waals surface area contributed by atoms with E-state index < -0.39 is 20.2 Å². The first kappa shape index (κ1) is 22.4. The van der Waals surface area contributed by atoms with Crippen molar-refractivity contribution in [3.8, 4) is 0 Å². The summed E-state index contributed by atoms with van der Waals surface area (Å²) < 4.78 is 59.0. The second-order valence-electron chi connectivity index (χ2n) is 6.11. The Morgan fingerprint density at radius 2 is 1.62 bits per heavy atom. The highest BCUT2D eigenvalue weighted by Crippen LogP contribution is 2.09. The molecule has 0 spiro atoms. The molecule has 9 heteroatoms. The molecule has 2 rings (SSSR count). The highest BCUT2D eigenvalue weighted by atomic mass is 32.2. The lowest BCUT2D eigenvalue weighted by atomic mass is 10.2. The van der Waals surface area contributed by atoms with Gasteiger partial charge in [0.15, 0.2) is 0 Å². The van der Waals surface area contributed by atoms with Crippen molar-refractivity contribution in [1.29, 1.82) is 0 Å². The molecule has 0 radical (unpaired) electrons. The SMILES string of the molecule is CC1=CC=CN(CCCCS(=O)(=O)O)C1.Cc1ccc(S(=O)(=O)O)cc1. The van der Waals surface area contributed by atoms with Crippen molar-refractivity contribution in [1.82, 2.24) is 4.90 Å². The number of allylic oxidation sites excluding steroid dienone is 2. The van der Waals surface area contributed by atoms with Crippen LogP contribution in [0.1, 0.15) is 25.3 Å². The fraction of sp³-hybridized carbons (Fsp3) is 0.412. The normalized spacial score (nSPS) is 14.5. The van der Waals surface area contributed by atoms with Gasteiger partial charge in [0.2, 0.25) is 0 Å². The summed E-state index contributed by atoms with van der Waals surface area (Å²) in [5.41, 5.74) is 2.25. The molecule has 0 saturated heterocycles. The van der Waals surface area contributed by atoms with Crippen LogP contribution in [0.2, 0.25) is 0 Å². The lowest BCUT2D eigenvalue weighted by Gasteiger charge is -2.22. The minimum Gasteiger partial charge on any atom is -0.373 e. The third kappa shape index (κ3) is 9.71. The van der Waals surface area contributed by atoms with Gasteiger partial charge in [-0.25, -0.2) is 0 Å². The first-order chi connectivity index (χ1) is 12.0. The summed E-state index contributed by atoms with van der Waals surface area (Å²) >= 11 is 0. The van der Waals surface area contributed by atoms with Crippen LogP contribution in [0, 0.1) is 6.92 Å². The third-order valence-corrected chi connectivity index (χ3v) is 5.22. The summed E-state index contributed by atoms with van der Waals surface area (Å²) in [7, 11) is -7.81. The van der Waals surface area contributed by atoms with Crippen molar-refractivity contribution in [2.24, 2.45) is 0 Å². The first-order valence-electron chi connectivity index (χ1n) is 8.05. The minimum atomic E-state index is -4.02. The first-order valence-corrected chi connectivity index (χ1v) is 11.1. The molecule has 7 nitrogen and oxygen atoms in total. The fourth-order valence-corrected chi connectivity index (χ4v) is 3.27. The second-order valence-corrected chi connectivity index (χ2v) is 9.10. The van der Waals surface area contributed by atoms with Crippen LogP contribution in [0.5, 0.6) is 0 Å². The van der Waals surface area contributed by atoms with Gasteiger partial charge in [-0.15, -0.1) is 0 Å². The molecule has 0 aliphatic carbocycles. The van der Waals surface area contributed by atoms with Crippen LogP contribution in [-0.4, -0.2) is 49.7 Å². The molecule has 0 saturated carbocycles. The zero-order chi connectivity index (χ0) is 19.8. The molecule has 0 unspecified atom stereocenters. The third-order valence-electron chi connectivity index (χ3n) is 3.55. The molecule has 1 aromatic carbocycles. The number of hydrogen-bond donors (Lipinski definition) is 2. The van der Waals surface area contributed by atoms with Crippen molar-refractivity contribution in [3.05, 3.63) is 53.8 Å².